The smallest absolute Gasteiger partial charge is 0.287 e. The van der Waals surface area contributed by atoms with Crippen molar-refractivity contribution in [1.29, 1.82) is 0 Å². The predicted octanol–water partition coefficient (Wildman–Crippen LogP) is 3.33. The number of aromatic nitrogens is 2. The fourth-order valence-corrected chi connectivity index (χ4v) is 3.29. The van der Waals surface area contributed by atoms with Gasteiger partial charge < -0.3 is 15.2 Å². The zero-order valence-electron chi connectivity index (χ0n) is 15.9. The third kappa shape index (κ3) is 4.69. The van der Waals surface area contributed by atoms with E-state index >= 15 is 0 Å². The molecule has 0 radical (unpaired) electrons. The minimum absolute atomic E-state index is 0.232. The number of carbonyl (C=O) groups is 2. The van der Waals surface area contributed by atoms with Crippen molar-refractivity contribution >= 4 is 23.4 Å². The Balaban J connectivity index is 1.81. The van der Waals surface area contributed by atoms with Crippen LogP contribution in [0.2, 0.25) is 5.02 Å². The molecule has 0 spiro atoms. The highest BCUT2D eigenvalue weighted by Crippen LogP contribution is 2.22. The van der Waals surface area contributed by atoms with Gasteiger partial charge in [0, 0.05) is 23.7 Å². The van der Waals surface area contributed by atoms with E-state index in [0.717, 1.165) is 30.5 Å². The van der Waals surface area contributed by atoms with Crippen molar-refractivity contribution < 1.29 is 9.59 Å². The van der Waals surface area contributed by atoms with E-state index in [2.05, 4.69) is 15.6 Å². The summed E-state index contributed by atoms with van der Waals surface area (Å²) in [5.74, 6) is -0.203. The number of nitrogens with zero attached hydrogens (tertiary/aromatic N) is 2. The van der Waals surface area contributed by atoms with Crippen molar-refractivity contribution in [2.24, 2.45) is 0 Å². The highest BCUT2D eigenvalue weighted by molar-refractivity contribution is 6.30. The molecule has 6 nitrogen and oxygen atoms in total. The molecule has 0 atom stereocenters. The summed E-state index contributed by atoms with van der Waals surface area (Å²) in [6.07, 6.45) is 2.72. The molecule has 7 heteroatoms. The summed E-state index contributed by atoms with van der Waals surface area (Å²) in [5.41, 5.74) is 1.80. The lowest BCUT2D eigenvalue weighted by atomic mass is 10.1. The van der Waals surface area contributed by atoms with Gasteiger partial charge in [-0.05, 0) is 57.7 Å². The summed E-state index contributed by atoms with van der Waals surface area (Å²) in [5, 5.41) is 6.48. The fraction of sp³-hybridized carbons (Fsp3) is 0.450. The Bertz CT molecular complexity index is 850. The van der Waals surface area contributed by atoms with Crippen LogP contribution >= 0.6 is 11.6 Å². The predicted molar refractivity (Wildman–Crippen MR) is 105 cm³/mol. The van der Waals surface area contributed by atoms with E-state index in [9.17, 15) is 9.59 Å². The number of hydrogen-bond donors (Lipinski definition) is 2. The SMILES string of the molecule is CC(C)(C)NC(=O)c1nc(C(=O)NCc2ccc(Cl)cc2)n2c1CCCC2. The average Bonchev–Trinajstić information content (AvgIpc) is 2.99. The first kappa shape index (κ1) is 19.4. The zero-order valence-corrected chi connectivity index (χ0v) is 16.7. The molecule has 0 bridgehead atoms. The lowest BCUT2D eigenvalue weighted by molar-refractivity contribution is 0.0913. The molecule has 2 amide bonds. The Labute approximate surface area is 164 Å². The molecule has 1 aliphatic heterocycles. The maximum absolute atomic E-state index is 12.7. The number of rotatable bonds is 4. The number of amides is 2. The van der Waals surface area contributed by atoms with Gasteiger partial charge in [0.1, 0.15) is 5.69 Å². The van der Waals surface area contributed by atoms with E-state index in [4.69, 9.17) is 11.6 Å². The Morgan fingerprint density at radius 2 is 1.85 bits per heavy atom. The van der Waals surface area contributed by atoms with Crippen LogP contribution in [0.4, 0.5) is 0 Å². The Morgan fingerprint density at radius 1 is 1.15 bits per heavy atom. The Hall–Kier alpha value is -2.34. The number of imidazole rings is 1. The number of carbonyl (C=O) groups excluding carboxylic acids is 2. The van der Waals surface area contributed by atoms with E-state index in [-0.39, 0.29) is 17.4 Å². The van der Waals surface area contributed by atoms with Crippen LogP contribution in [0, 0.1) is 0 Å². The molecule has 2 N–H and O–H groups in total. The van der Waals surface area contributed by atoms with Gasteiger partial charge in [-0.25, -0.2) is 4.98 Å². The van der Waals surface area contributed by atoms with Crippen molar-refractivity contribution in [3.8, 4) is 0 Å². The molecule has 27 heavy (non-hydrogen) atoms. The molecular formula is C20H25ClN4O2. The number of nitrogens with one attached hydrogen (secondary N) is 2. The van der Waals surface area contributed by atoms with Gasteiger partial charge in [0.25, 0.3) is 11.8 Å². The van der Waals surface area contributed by atoms with Gasteiger partial charge in [0.05, 0.1) is 5.69 Å². The molecule has 144 valence electrons. The first-order chi connectivity index (χ1) is 12.7. The van der Waals surface area contributed by atoms with Crippen LogP contribution in [0.25, 0.3) is 0 Å². The molecule has 2 aromatic rings. The number of halogens is 1. The summed E-state index contributed by atoms with van der Waals surface area (Å²) in [7, 11) is 0. The number of fused-ring (bicyclic) bond motifs is 1. The summed E-state index contributed by atoms with van der Waals surface area (Å²) < 4.78 is 1.89. The highest BCUT2D eigenvalue weighted by Gasteiger charge is 2.28. The number of benzene rings is 1. The topological polar surface area (TPSA) is 76.0 Å². The summed E-state index contributed by atoms with van der Waals surface area (Å²) >= 11 is 5.89. The molecular weight excluding hydrogens is 364 g/mol. The van der Waals surface area contributed by atoms with E-state index in [1.807, 2.05) is 37.5 Å². The van der Waals surface area contributed by atoms with Crippen molar-refractivity contribution in [3.05, 3.63) is 52.1 Å². The van der Waals surface area contributed by atoms with Crippen LogP contribution < -0.4 is 10.6 Å². The van der Waals surface area contributed by atoms with Crippen molar-refractivity contribution in [1.82, 2.24) is 20.2 Å². The molecule has 0 saturated carbocycles. The minimum Gasteiger partial charge on any atom is -0.346 e. The first-order valence-corrected chi connectivity index (χ1v) is 9.57. The Morgan fingerprint density at radius 3 is 2.52 bits per heavy atom. The quantitative estimate of drug-likeness (QED) is 0.843. The first-order valence-electron chi connectivity index (χ1n) is 9.19. The molecule has 0 fully saturated rings. The fourth-order valence-electron chi connectivity index (χ4n) is 3.16. The largest absolute Gasteiger partial charge is 0.346 e. The highest BCUT2D eigenvalue weighted by atomic mass is 35.5. The minimum atomic E-state index is -0.362. The maximum Gasteiger partial charge on any atom is 0.287 e. The second kappa shape index (κ2) is 7.72. The molecule has 3 rings (SSSR count). The van der Waals surface area contributed by atoms with Crippen LogP contribution in [0.15, 0.2) is 24.3 Å². The molecule has 0 aliphatic carbocycles. The normalized spacial score (nSPS) is 13.8. The van der Waals surface area contributed by atoms with Gasteiger partial charge in [-0.2, -0.15) is 0 Å². The number of hydrogen-bond acceptors (Lipinski definition) is 3. The van der Waals surface area contributed by atoms with Gasteiger partial charge in [-0.15, -0.1) is 0 Å². The van der Waals surface area contributed by atoms with Crippen molar-refractivity contribution in [3.63, 3.8) is 0 Å². The van der Waals surface area contributed by atoms with Crippen LogP contribution in [-0.4, -0.2) is 26.9 Å². The van der Waals surface area contributed by atoms with Gasteiger partial charge in [0.15, 0.2) is 5.82 Å². The van der Waals surface area contributed by atoms with E-state index in [1.54, 1.807) is 12.1 Å². The summed E-state index contributed by atoms with van der Waals surface area (Å²) in [4.78, 5) is 29.8. The molecule has 2 heterocycles. The van der Waals surface area contributed by atoms with Crippen LogP contribution in [-0.2, 0) is 19.5 Å². The van der Waals surface area contributed by atoms with Gasteiger partial charge >= 0.3 is 0 Å². The second-order valence-corrected chi connectivity index (χ2v) is 8.29. The van der Waals surface area contributed by atoms with Crippen LogP contribution in [0.1, 0.15) is 66.0 Å². The third-order valence-electron chi connectivity index (χ3n) is 4.39. The lowest BCUT2D eigenvalue weighted by Crippen LogP contribution is -2.41. The van der Waals surface area contributed by atoms with Crippen molar-refractivity contribution in [2.45, 2.75) is 58.7 Å². The average molecular weight is 389 g/mol. The molecule has 1 aliphatic rings. The maximum atomic E-state index is 12.7. The van der Waals surface area contributed by atoms with Gasteiger partial charge in [-0.1, -0.05) is 23.7 Å². The Kier molecular flexibility index (Phi) is 5.56. The molecule has 0 saturated heterocycles. The molecule has 1 aromatic heterocycles. The van der Waals surface area contributed by atoms with Crippen LogP contribution in [0.5, 0.6) is 0 Å². The summed E-state index contributed by atoms with van der Waals surface area (Å²) in [6.45, 7) is 6.85. The van der Waals surface area contributed by atoms with Gasteiger partial charge in [0.2, 0.25) is 0 Å². The zero-order chi connectivity index (χ0) is 19.6. The third-order valence-corrected chi connectivity index (χ3v) is 4.64. The van der Waals surface area contributed by atoms with E-state index < -0.39 is 0 Å². The summed E-state index contributed by atoms with van der Waals surface area (Å²) in [6, 6.07) is 7.31. The molecule has 0 unspecified atom stereocenters. The standard InChI is InChI=1S/C20H25ClN4O2/c1-20(2,3)24-18(26)16-15-6-4-5-11-25(15)17(23-16)19(27)22-12-13-7-9-14(21)10-8-13/h7-10H,4-6,11-12H2,1-3H3,(H,22,27)(H,24,26). The van der Waals surface area contributed by atoms with Crippen molar-refractivity contribution in [2.75, 3.05) is 0 Å². The van der Waals surface area contributed by atoms with E-state index in [1.165, 1.54) is 0 Å². The van der Waals surface area contributed by atoms with Crippen LogP contribution in [0.3, 0.4) is 0 Å². The lowest BCUT2D eigenvalue weighted by Gasteiger charge is -2.21. The molecule has 1 aromatic carbocycles. The van der Waals surface area contributed by atoms with Gasteiger partial charge in [-0.3, -0.25) is 9.59 Å². The van der Waals surface area contributed by atoms with E-state index in [0.29, 0.717) is 29.6 Å². The second-order valence-electron chi connectivity index (χ2n) is 7.85. The monoisotopic (exact) mass is 388 g/mol.